The van der Waals surface area contributed by atoms with Crippen LogP contribution in [-0.2, 0) is 17.9 Å². The standard InChI is InChI=1S/C7H9F2N3O3S/c8-4(9)1-12-5(2-13)10-11-7(12)16-3-6(14)15/h4,13H,1-3H2,(H,14,15). The van der Waals surface area contributed by atoms with Gasteiger partial charge >= 0.3 is 5.97 Å². The predicted octanol–water partition coefficient (Wildman–Crippen LogP) is 0.212. The average Bonchev–Trinajstić information content (AvgIpc) is 2.56. The lowest BCUT2D eigenvalue weighted by Gasteiger charge is -2.06. The molecule has 0 aliphatic heterocycles. The van der Waals surface area contributed by atoms with Gasteiger partial charge in [0.05, 0.1) is 12.3 Å². The van der Waals surface area contributed by atoms with Crippen molar-refractivity contribution < 1.29 is 23.8 Å². The third-order valence-electron chi connectivity index (χ3n) is 1.58. The number of carboxylic acid groups (broad SMARTS) is 1. The number of thioether (sulfide) groups is 1. The Balaban J connectivity index is 2.82. The van der Waals surface area contributed by atoms with Crippen molar-refractivity contribution in [3.63, 3.8) is 0 Å². The summed E-state index contributed by atoms with van der Waals surface area (Å²) in [6.45, 7) is -1.18. The molecule has 1 rings (SSSR count). The van der Waals surface area contributed by atoms with Crippen LogP contribution in [0.3, 0.4) is 0 Å². The minimum absolute atomic E-state index is 0.00631. The lowest BCUT2D eigenvalue weighted by Crippen LogP contribution is -2.12. The Morgan fingerprint density at radius 1 is 1.50 bits per heavy atom. The summed E-state index contributed by atoms with van der Waals surface area (Å²) in [4.78, 5) is 10.3. The van der Waals surface area contributed by atoms with Gasteiger partial charge in [-0.3, -0.25) is 9.36 Å². The van der Waals surface area contributed by atoms with Gasteiger partial charge in [-0.05, 0) is 0 Å². The van der Waals surface area contributed by atoms with E-state index in [2.05, 4.69) is 10.2 Å². The molecule has 0 atom stereocenters. The Kier molecular flexibility index (Phi) is 4.62. The fraction of sp³-hybridized carbons (Fsp3) is 0.571. The second-order valence-corrected chi connectivity index (χ2v) is 3.68. The van der Waals surface area contributed by atoms with Crippen molar-refractivity contribution >= 4 is 17.7 Å². The molecule has 6 nitrogen and oxygen atoms in total. The first kappa shape index (κ1) is 12.8. The predicted molar refractivity (Wildman–Crippen MR) is 50.3 cm³/mol. The summed E-state index contributed by atoms with van der Waals surface area (Å²) in [7, 11) is 0. The van der Waals surface area contributed by atoms with Gasteiger partial charge in [-0.1, -0.05) is 11.8 Å². The molecule has 0 saturated carbocycles. The van der Waals surface area contributed by atoms with Crippen molar-refractivity contribution in [1.82, 2.24) is 14.8 Å². The number of rotatable bonds is 6. The van der Waals surface area contributed by atoms with Crippen molar-refractivity contribution in [2.24, 2.45) is 0 Å². The van der Waals surface area contributed by atoms with E-state index in [1.54, 1.807) is 0 Å². The molecule has 0 radical (unpaired) electrons. The smallest absolute Gasteiger partial charge is 0.313 e. The van der Waals surface area contributed by atoms with E-state index in [1.165, 1.54) is 0 Å². The Hall–Kier alpha value is -1.22. The fourth-order valence-electron chi connectivity index (χ4n) is 0.990. The third-order valence-corrected chi connectivity index (χ3v) is 2.53. The Morgan fingerprint density at radius 3 is 2.69 bits per heavy atom. The van der Waals surface area contributed by atoms with Crippen LogP contribution in [0.1, 0.15) is 5.82 Å². The van der Waals surface area contributed by atoms with E-state index in [0.717, 1.165) is 16.3 Å². The molecular formula is C7H9F2N3O3S. The van der Waals surface area contributed by atoms with Crippen LogP contribution in [0.5, 0.6) is 0 Å². The maximum absolute atomic E-state index is 12.2. The number of aliphatic hydroxyl groups is 1. The number of hydrogen-bond donors (Lipinski definition) is 2. The maximum atomic E-state index is 12.2. The maximum Gasteiger partial charge on any atom is 0.313 e. The van der Waals surface area contributed by atoms with Gasteiger partial charge in [0.1, 0.15) is 6.61 Å². The highest BCUT2D eigenvalue weighted by Crippen LogP contribution is 2.18. The second kappa shape index (κ2) is 5.75. The summed E-state index contributed by atoms with van der Waals surface area (Å²) >= 11 is 0.779. The number of aromatic nitrogens is 3. The number of nitrogens with zero attached hydrogens (tertiary/aromatic N) is 3. The first-order chi connectivity index (χ1) is 7.54. The van der Waals surface area contributed by atoms with Crippen molar-refractivity contribution in [2.45, 2.75) is 24.7 Å². The van der Waals surface area contributed by atoms with Gasteiger partial charge < -0.3 is 10.2 Å². The van der Waals surface area contributed by atoms with E-state index < -0.39 is 25.5 Å². The highest BCUT2D eigenvalue weighted by atomic mass is 32.2. The highest BCUT2D eigenvalue weighted by Gasteiger charge is 2.16. The Morgan fingerprint density at radius 2 is 2.19 bits per heavy atom. The fourth-order valence-corrected chi connectivity index (χ4v) is 1.68. The Labute approximate surface area is 93.3 Å². The molecule has 0 spiro atoms. The van der Waals surface area contributed by atoms with E-state index in [1.807, 2.05) is 0 Å². The SMILES string of the molecule is O=C(O)CSc1nnc(CO)n1CC(F)F. The molecule has 1 heterocycles. The number of aliphatic carboxylic acids is 1. The van der Waals surface area contributed by atoms with Crippen LogP contribution in [-0.4, -0.2) is 43.1 Å². The third kappa shape index (κ3) is 3.42. The molecule has 0 aromatic carbocycles. The number of carboxylic acids is 1. The van der Waals surface area contributed by atoms with Crippen LogP contribution < -0.4 is 0 Å². The molecule has 0 saturated heterocycles. The molecule has 0 amide bonds. The molecule has 2 N–H and O–H groups in total. The van der Waals surface area contributed by atoms with Crippen LogP contribution in [0.15, 0.2) is 5.16 Å². The number of alkyl halides is 2. The lowest BCUT2D eigenvalue weighted by atomic mass is 10.6. The molecule has 0 aliphatic carbocycles. The molecule has 0 bridgehead atoms. The van der Waals surface area contributed by atoms with Gasteiger partial charge in [-0.2, -0.15) is 0 Å². The molecule has 0 aliphatic rings. The molecule has 0 unspecified atom stereocenters. The minimum Gasteiger partial charge on any atom is -0.481 e. The van der Waals surface area contributed by atoms with Crippen molar-refractivity contribution in [3.05, 3.63) is 5.82 Å². The monoisotopic (exact) mass is 253 g/mol. The normalized spacial score (nSPS) is 11.0. The molecular weight excluding hydrogens is 244 g/mol. The van der Waals surface area contributed by atoms with Gasteiger partial charge in [0.25, 0.3) is 6.43 Å². The summed E-state index contributed by atoms with van der Waals surface area (Å²) in [5.74, 6) is -1.39. The van der Waals surface area contributed by atoms with E-state index >= 15 is 0 Å². The van der Waals surface area contributed by atoms with Crippen molar-refractivity contribution in [2.75, 3.05) is 5.75 Å². The van der Waals surface area contributed by atoms with Crippen LogP contribution in [0.4, 0.5) is 8.78 Å². The van der Waals surface area contributed by atoms with Crippen LogP contribution >= 0.6 is 11.8 Å². The van der Waals surface area contributed by atoms with Crippen LogP contribution in [0.2, 0.25) is 0 Å². The van der Waals surface area contributed by atoms with E-state index in [-0.39, 0.29) is 16.7 Å². The molecule has 1 aromatic rings. The van der Waals surface area contributed by atoms with E-state index in [0.29, 0.717) is 0 Å². The number of carbonyl (C=O) groups is 1. The number of aliphatic hydroxyl groups excluding tert-OH is 1. The second-order valence-electron chi connectivity index (χ2n) is 2.74. The van der Waals surface area contributed by atoms with Crippen LogP contribution in [0, 0.1) is 0 Å². The van der Waals surface area contributed by atoms with E-state index in [9.17, 15) is 13.6 Å². The zero-order valence-corrected chi connectivity index (χ0v) is 8.82. The Bertz CT molecular complexity index is 372. The molecule has 0 fully saturated rings. The first-order valence-corrected chi connectivity index (χ1v) is 5.18. The van der Waals surface area contributed by atoms with Gasteiger partial charge in [-0.25, -0.2) is 8.78 Å². The first-order valence-electron chi connectivity index (χ1n) is 4.20. The minimum atomic E-state index is -2.62. The summed E-state index contributed by atoms with van der Waals surface area (Å²) in [5, 5.41) is 24.3. The van der Waals surface area contributed by atoms with Gasteiger partial charge in [-0.15, -0.1) is 10.2 Å². The zero-order valence-electron chi connectivity index (χ0n) is 8.01. The quantitative estimate of drug-likeness (QED) is 0.705. The van der Waals surface area contributed by atoms with Crippen LogP contribution in [0.25, 0.3) is 0 Å². The number of hydrogen-bond acceptors (Lipinski definition) is 5. The van der Waals surface area contributed by atoms with Crippen molar-refractivity contribution in [3.8, 4) is 0 Å². The average molecular weight is 253 g/mol. The molecule has 16 heavy (non-hydrogen) atoms. The summed E-state index contributed by atoms with van der Waals surface area (Å²) in [6, 6.07) is 0. The van der Waals surface area contributed by atoms with E-state index in [4.69, 9.17) is 10.2 Å². The topological polar surface area (TPSA) is 88.2 Å². The highest BCUT2D eigenvalue weighted by molar-refractivity contribution is 7.99. The summed E-state index contributed by atoms with van der Waals surface area (Å²) in [6.07, 6.45) is -2.62. The lowest BCUT2D eigenvalue weighted by molar-refractivity contribution is -0.133. The number of halogens is 2. The largest absolute Gasteiger partial charge is 0.481 e. The zero-order chi connectivity index (χ0) is 12.1. The summed E-state index contributed by atoms with van der Waals surface area (Å²) in [5.41, 5.74) is 0. The molecule has 1 aromatic heterocycles. The van der Waals surface area contributed by atoms with Gasteiger partial charge in [0, 0.05) is 0 Å². The molecule has 9 heteroatoms. The summed E-state index contributed by atoms with van der Waals surface area (Å²) < 4.78 is 25.4. The van der Waals surface area contributed by atoms with Gasteiger partial charge in [0.2, 0.25) is 0 Å². The van der Waals surface area contributed by atoms with Gasteiger partial charge in [0.15, 0.2) is 11.0 Å². The molecule has 90 valence electrons. The van der Waals surface area contributed by atoms with Crippen molar-refractivity contribution in [1.29, 1.82) is 0 Å².